The van der Waals surface area contributed by atoms with Crippen LogP contribution >= 0.6 is 11.3 Å². The first-order valence-electron chi connectivity index (χ1n) is 9.82. The maximum atomic E-state index is 11.6. The Balaban J connectivity index is 1.41. The minimum atomic E-state index is 0.0693. The lowest BCUT2D eigenvalue weighted by Gasteiger charge is -2.28. The molecule has 7 nitrogen and oxygen atoms in total. The molecular weight excluding hydrogens is 398 g/mol. The van der Waals surface area contributed by atoms with Crippen LogP contribution in [0.3, 0.4) is 0 Å². The molecule has 0 bridgehead atoms. The second-order valence-electron chi connectivity index (χ2n) is 7.10. The third-order valence-corrected chi connectivity index (χ3v) is 6.35. The van der Waals surface area contributed by atoms with Crippen LogP contribution in [0.25, 0.3) is 16.2 Å². The first-order valence-corrected chi connectivity index (χ1v) is 10.6. The van der Waals surface area contributed by atoms with Gasteiger partial charge in [-0.1, -0.05) is 0 Å². The van der Waals surface area contributed by atoms with Crippen molar-refractivity contribution >= 4 is 40.0 Å². The lowest BCUT2D eigenvalue weighted by Crippen LogP contribution is -2.36. The van der Waals surface area contributed by atoms with Gasteiger partial charge in [-0.15, -0.1) is 11.3 Å². The van der Waals surface area contributed by atoms with E-state index < -0.39 is 0 Å². The lowest BCUT2D eigenvalue weighted by molar-refractivity contribution is 0.102. The molecule has 0 spiro atoms. The van der Waals surface area contributed by atoms with E-state index in [-0.39, 0.29) is 5.78 Å². The second kappa shape index (κ2) is 7.89. The summed E-state index contributed by atoms with van der Waals surface area (Å²) in [6.45, 7) is 4.95. The molecule has 5 rings (SSSR count). The largest absolute Gasteiger partial charge is 0.378 e. The fourth-order valence-corrected chi connectivity index (χ4v) is 4.48. The van der Waals surface area contributed by atoms with Crippen molar-refractivity contribution in [3.8, 4) is 10.6 Å². The maximum Gasteiger partial charge on any atom is 0.180 e. The molecule has 1 aliphatic heterocycles. The molecule has 1 saturated heterocycles. The van der Waals surface area contributed by atoms with Gasteiger partial charge in [0.05, 0.1) is 34.9 Å². The average molecular weight is 420 g/mol. The SMILES string of the molecule is CC(=O)c1ccc(-c2cnc(Nc3ccc(N4CCOCC4)cc3)c3nccn23)s1. The van der Waals surface area contributed by atoms with E-state index in [1.165, 1.54) is 17.0 Å². The van der Waals surface area contributed by atoms with Crippen LogP contribution in [0.2, 0.25) is 0 Å². The van der Waals surface area contributed by atoms with Crippen molar-refractivity contribution in [2.45, 2.75) is 6.92 Å². The number of thiophene rings is 1. The number of hydrogen-bond acceptors (Lipinski definition) is 7. The van der Waals surface area contributed by atoms with Gasteiger partial charge < -0.3 is 15.0 Å². The summed E-state index contributed by atoms with van der Waals surface area (Å²) in [5.74, 6) is 0.756. The molecule has 1 aromatic carbocycles. The van der Waals surface area contributed by atoms with Gasteiger partial charge in [0.2, 0.25) is 0 Å². The summed E-state index contributed by atoms with van der Waals surface area (Å²) in [5.41, 5.74) is 3.79. The molecule has 4 heterocycles. The van der Waals surface area contributed by atoms with E-state index in [4.69, 9.17) is 4.74 Å². The average Bonchev–Trinajstić information content (AvgIpc) is 3.46. The summed E-state index contributed by atoms with van der Waals surface area (Å²) in [5, 5.41) is 3.38. The molecular formula is C22H21N5O2S. The minimum absolute atomic E-state index is 0.0693. The predicted octanol–water partition coefficient (Wildman–Crippen LogP) is 4.24. The predicted molar refractivity (Wildman–Crippen MR) is 119 cm³/mol. The van der Waals surface area contributed by atoms with Gasteiger partial charge in [-0.3, -0.25) is 9.20 Å². The smallest absolute Gasteiger partial charge is 0.180 e. The molecule has 152 valence electrons. The number of ketones is 1. The number of ether oxygens (including phenoxy) is 1. The Bertz CT molecular complexity index is 1190. The Labute approximate surface area is 178 Å². The van der Waals surface area contributed by atoms with Crippen molar-refractivity contribution in [1.82, 2.24) is 14.4 Å². The monoisotopic (exact) mass is 419 g/mol. The van der Waals surface area contributed by atoms with Crippen LogP contribution in [0.15, 0.2) is 55.0 Å². The number of aromatic nitrogens is 3. The highest BCUT2D eigenvalue weighted by Gasteiger charge is 2.14. The van der Waals surface area contributed by atoms with Crippen LogP contribution in [0.5, 0.6) is 0 Å². The van der Waals surface area contributed by atoms with Crippen LogP contribution in [0, 0.1) is 0 Å². The number of hydrogen-bond donors (Lipinski definition) is 1. The number of anilines is 3. The molecule has 1 aliphatic rings. The van der Waals surface area contributed by atoms with Gasteiger partial charge in [-0.25, -0.2) is 9.97 Å². The number of carbonyl (C=O) groups is 1. The van der Waals surface area contributed by atoms with Crippen molar-refractivity contribution in [3.05, 3.63) is 59.9 Å². The van der Waals surface area contributed by atoms with Crippen LogP contribution in [-0.2, 0) is 4.74 Å². The highest BCUT2D eigenvalue weighted by molar-refractivity contribution is 7.17. The van der Waals surface area contributed by atoms with Crippen molar-refractivity contribution < 1.29 is 9.53 Å². The van der Waals surface area contributed by atoms with Crippen LogP contribution in [0.1, 0.15) is 16.6 Å². The van der Waals surface area contributed by atoms with Crippen molar-refractivity contribution in [2.24, 2.45) is 0 Å². The molecule has 0 amide bonds. The third kappa shape index (κ3) is 3.55. The molecule has 0 unspecified atom stereocenters. The Kier molecular flexibility index (Phi) is 4.94. The van der Waals surface area contributed by atoms with E-state index in [0.29, 0.717) is 5.82 Å². The molecule has 0 atom stereocenters. The summed E-state index contributed by atoms with van der Waals surface area (Å²) in [6, 6.07) is 12.1. The number of Topliss-reactive ketones (excluding diaryl/α,β-unsaturated/α-hetero) is 1. The maximum absolute atomic E-state index is 11.6. The van der Waals surface area contributed by atoms with E-state index in [0.717, 1.165) is 53.1 Å². The van der Waals surface area contributed by atoms with Gasteiger partial charge in [0, 0.05) is 36.9 Å². The van der Waals surface area contributed by atoms with E-state index >= 15 is 0 Å². The molecule has 1 fully saturated rings. The van der Waals surface area contributed by atoms with Crippen LogP contribution < -0.4 is 10.2 Å². The molecule has 30 heavy (non-hydrogen) atoms. The summed E-state index contributed by atoms with van der Waals surface area (Å²) in [4.78, 5) is 24.8. The summed E-state index contributed by atoms with van der Waals surface area (Å²) < 4.78 is 7.42. The van der Waals surface area contributed by atoms with Crippen LogP contribution in [-0.4, -0.2) is 46.5 Å². The zero-order valence-electron chi connectivity index (χ0n) is 16.5. The van der Waals surface area contributed by atoms with E-state index in [2.05, 4.69) is 44.5 Å². The van der Waals surface area contributed by atoms with Gasteiger partial charge in [0.25, 0.3) is 0 Å². The second-order valence-corrected chi connectivity index (χ2v) is 8.19. The van der Waals surface area contributed by atoms with E-state index in [1.807, 2.05) is 28.9 Å². The molecule has 4 aromatic rings. The Morgan fingerprint density at radius 3 is 2.63 bits per heavy atom. The number of morpholine rings is 1. The first-order chi connectivity index (χ1) is 14.7. The molecule has 8 heteroatoms. The van der Waals surface area contributed by atoms with Gasteiger partial charge in [0.1, 0.15) is 0 Å². The minimum Gasteiger partial charge on any atom is -0.378 e. The fourth-order valence-electron chi connectivity index (χ4n) is 3.57. The number of fused-ring (bicyclic) bond motifs is 1. The summed E-state index contributed by atoms with van der Waals surface area (Å²) in [7, 11) is 0. The molecule has 3 aromatic heterocycles. The fraction of sp³-hybridized carbons (Fsp3) is 0.227. The van der Waals surface area contributed by atoms with Gasteiger partial charge in [-0.2, -0.15) is 0 Å². The van der Waals surface area contributed by atoms with E-state index in [1.54, 1.807) is 13.1 Å². The Morgan fingerprint density at radius 1 is 1.10 bits per heavy atom. The van der Waals surface area contributed by atoms with Crippen molar-refractivity contribution in [1.29, 1.82) is 0 Å². The van der Waals surface area contributed by atoms with Crippen molar-refractivity contribution in [3.63, 3.8) is 0 Å². The van der Waals surface area contributed by atoms with Gasteiger partial charge in [-0.05, 0) is 43.3 Å². The van der Waals surface area contributed by atoms with Crippen molar-refractivity contribution in [2.75, 3.05) is 36.5 Å². The zero-order valence-corrected chi connectivity index (χ0v) is 17.4. The standard InChI is InChI=1S/C22H21N5O2S/c1-15(28)19-6-7-20(30-19)18-14-24-21(22-23-8-9-27(18)22)25-16-2-4-17(5-3-16)26-10-12-29-13-11-26/h2-9,14H,10-13H2,1H3,(H,24,25). The number of benzene rings is 1. The molecule has 1 N–H and O–H groups in total. The number of rotatable bonds is 5. The van der Waals surface area contributed by atoms with Gasteiger partial charge >= 0.3 is 0 Å². The number of imidazole rings is 1. The Morgan fingerprint density at radius 2 is 1.90 bits per heavy atom. The highest BCUT2D eigenvalue weighted by Crippen LogP contribution is 2.31. The zero-order chi connectivity index (χ0) is 20.5. The molecule has 0 radical (unpaired) electrons. The Hall–Kier alpha value is -3.23. The quantitative estimate of drug-likeness (QED) is 0.488. The van der Waals surface area contributed by atoms with E-state index in [9.17, 15) is 4.79 Å². The molecule has 0 aliphatic carbocycles. The van der Waals surface area contributed by atoms with Crippen LogP contribution in [0.4, 0.5) is 17.2 Å². The summed E-state index contributed by atoms with van der Waals surface area (Å²) in [6.07, 6.45) is 5.48. The molecule has 0 saturated carbocycles. The number of nitrogens with one attached hydrogen (secondary N) is 1. The lowest BCUT2D eigenvalue weighted by atomic mass is 10.2. The topological polar surface area (TPSA) is 71.8 Å². The normalized spacial score (nSPS) is 14.2. The third-order valence-electron chi connectivity index (χ3n) is 5.14. The highest BCUT2D eigenvalue weighted by atomic mass is 32.1. The number of nitrogens with zero attached hydrogens (tertiary/aromatic N) is 4. The van der Waals surface area contributed by atoms with Gasteiger partial charge in [0.15, 0.2) is 17.2 Å². The first kappa shape index (κ1) is 18.8. The summed E-state index contributed by atoms with van der Waals surface area (Å²) >= 11 is 1.47. The number of carbonyl (C=O) groups excluding carboxylic acids is 1.